The highest BCUT2D eigenvalue weighted by Gasteiger charge is 2.06. The van der Waals surface area contributed by atoms with Gasteiger partial charge in [0.1, 0.15) is 16.6 Å². The van der Waals surface area contributed by atoms with Crippen LogP contribution in [0.4, 0.5) is 4.39 Å². The third-order valence-corrected chi connectivity index (χ3v) is 2.74. The number of hydrogen-bond acceptors (Lipinski definition) is 2. The van der Waals surface area contributed by atoms with Crippen molar-refractivity contribution < 1.29 is 4.39 Å². The van der Waals surface area contributed by atoms with Crippen LogP contribution in [0.3, 0.4) is 0 Å². The van der Waals surface area contributed by atoms with Crippen molar-refractivity contribution in [3.63, 3.8) is 0 Å². The summed E-state index contributed by atoms with van der Waals surface area (Å²) in [4.78, 5) is 8.17. The fraction of sp³-hybridized carbons (Fsp3) is 0. The largest absolute Gasteiger partial charge is 0.292 e. The van der Waals surface area contributed by atoms with E-state index in [9.17, 15) is 4.39 Å². The highest BCUT2D eigenvalue weighted by atomic mass is 35.5. The van der Waals surface area contributed by atoms with Crippen LogP contribution in [0.25, 0.3) is 16.9 Å². The second kappa shape index (κ2) is 3.82. The van der Waals surface area contributed by atoms with Gasteiger partial charge < -0.3 is 0 Å². The first kappa shape index (κ1) is 10.2. The fourth-order valence-corrected chi connectivity index (χ4v) is 1.93. The van der Waals surface area contributed by atoms with Gasteiger partial charge in [-0.05, 0) is 18.2 Å². The zero-order chi connectivity index (χ0) is 11.8. The number of nitrogens with zero attached hydrogens (tertiary/aromatic N) is 3. The predicted octanol–water partition coefficient (Wildman–Crippen LogP) is 3.19. The predicted molar refractivity (Wildman–Crippen MR) is 63.4 cm³/mol. The molecule has 3 nitrogen and oxygen atoms in total. The Labute approximate surface area is 102 Å². The van der Waals surface area contributed by atoms with Crippen molar-refractivity contribution in [1.29, 1.82) is 0 Å². The minimum Gasteiger partial charge on any atom is -0.292 e. The SMILES string of the molecule is Fc1cncc(-c2cc(Cl)n3cccc3n2)c1. The van der Waals surface area contributed by atoms with E-state index in [2.05, 4.69) is 9.97 Å². The summed E-state index contributed by atoms with van der Waals surface area (Å²) in [5.74, 6) is -0.393. The molecule has 0 aliphatic rings. The smallest absolute Gasteiger partial charge is 0.142 e. The summed E-state index contributed by atoms with van der Waals surface area (Å²) in [7, 11) is 0. The van der Waals surface area contributed by atoms with Gasteiger partial charge in [-0.15, -0.1) is 0 Å². The van der Waals surface area contributed by atoms with E-state index in [1.807, 2.05) is 18.3 Å². The molecule has 5 heteroatoms. The first-order valence-corrected chi connectivity index (χ1v) is 5.36. The van der Waals surface area contributed by atoms with Crippen molar-refractivity contribution in [1.82, 2.24) is 14.4 Å². The van der Waals surface area contributed by atoms with Gasteiger partial charge in [-0.1, -0.05) is 11.6 Å². The molecule has 17 heavy (non-hydrogen) atoms. The molecule has 0 aromatic carbocycles. The summed E-state index contributed by atoms with van der Waals surface area (Å²) >= 11 is 6.10. The number of rotatable bonds is 1. The molecule has 0 aliphatic heterocycles. The highest BCUT2D eigenvalue weighted by molar-refractivity contribution is 6.30. The van der Waals surface area contributed by atoms with Gasteiger partial charge in [-0.3, -0.25) is 9.38 Å². The second-order valence-corrected chi connectivity index (χ2v) is 3.98. The average Bonchev–Trinajstić information content (AvgIpc) is 2.77. The van der Waals surface area contributed by atoms with Crippen LogP contribution in [0, 0.1) is 5.82 Å². The van der Waals surface area contributed by atoms with E-state index in [0.717, 1.165) is 11.8 Å². The van der Waals surface area contributed by atoms with Crippen molar-refractivity contribution in [2.45, 2.75) is 0 Å². The molecular weight excluding hydrogens is 241 g/mol. The molecule has 0 fully saturated rings. The molecule has 3 aromatic rings. The molecule has 0 aliphatic carbocycles. The van der Waals surface area contributed by atoms with Crippen molar-refractivity contribution in [3.05, 3.63) is 53.8 Å². The molecule has 0 amide bonds. The van der Waals surface area contributed by atoms with Crippen LogP contribution in [-0.4, -0.2) is 14.4 Å². The number of halogens is 2. The minimum absolute atomic E-state index is 0.393. The maximum absolute atomic E-state index is 13.1. The van der Waals surface area contributed by atoms with Gasteiger partial charge in [-0.25, -0.2) is 9.37 Å². The number of aromatic nitrogens is 3. The summed E-state index contributed by atoms with van der Waals surface area (Å²) in [5, 5.41) is 0.527. The lowest BCUT2D eigenvalue weighted by atomic mass is 10.2. The summed E-state index contributed by atoms with van der Waals surface area (Å²) in [6, 6.07) is 6.75. The summed E-state index contributed by atoms with van der Waals surface area (Å²) < 4.78 is 14.8. The summed E-state index contributed by atoms with van der Waals surface area (Å²) in [5.41, 5.74) is 1.93. The third-order valence-electron chi connectivity index (χ3n) is 2.45. The fourth-order valence-electron chi connectivity index (χ4n) is 1.68. The zero-order valence-electron chi connectivity index (χ0n) is 8.64. The molecule has 0 N–H and O–H groups in total. The topological polar surface area (TPSA) is 30.2 Å². The minimum atomic E-state index is -0.393. The average molecular weight is 248 g/mol. The van der Waals surface area contributed by atoms with Crippen molar-refractivity contribution in [2.75, 3.05) is 0 Å². The Morgan fingerprint density at radius 3 is 2.94 bits per heavy atom. The Balaban J connectivity index is 2.23. The van der Waals surface area contributed by atoms with E-state index in [0.29, 0.717) is 16.4 Å². The Kier molecular flexibility index (Phi) is 2.30. The van der Waals surface area contributed by atoms with Crippen LogP contribution in [0.5, 0.6) is 0 Å². The van der Waals surface area contributed by atoms with Crippen LogP contribution < -0.4 is 0 Å². The van der Waals surface area contributed by atoms with Crippen LogP contribution in [0.1, 0.15) is 0 Å². The lowest BCUT2D eigenvalue weighted by Gasteiger charge is -2.04. The maximum atomic E-state index is 13.1. The Morgan fingerprint density at radius 1 is 1.24 bits per heavy atom. The number of hydrogen-bond donors (Lipinski definition) is 0. The first-order chi connectivity index (χ1) is 8.24. The van der Waals surface area contributed by atoms with Crippen molar-refractivity contribution in [3.8, 4) is 11.3 Å². The first-order valence-electron chi connectivity index (χ1n) is 4.98. The van der Waals surface area contributed by atoms with Crippen LogP contribution in [0.15, 0.2) is 42.9 Å². The molecule has 3 rings (SSSR count). The Hall–Kier alpha value is -1.94. The van der Waals surface area contributed by atoms with E-state index in [-0.39, 0.29) is 0 Å². The number of fused-ring (bicyclic) bond motifs is 1. The Bertz CT molecular complexity index is 693. The standard InChI is InChI=1S/C12H7ClFN3/c13-11-5-10(8-4-9(14)7-15-6-8)16-12-2-1-3-17(11)12/h1-7H. The van der Waals surface area contributed by atoms with Crippen LogP contribution >= 0.6 is 11.6 Å². The molecule has 0 saturated carbocycles. The van der Waals surface area contributed by atoms with Crippen molar-refractivity contribution in [2.24, 2.45) is 0 Å². The van der Waals surface area contributed by atoms with E-state index in [1.54, 1.807) is 16.7 Å². The number of pyridine rings is 1. The van der Waals surface area contributed by atoms with Gasteiger partial charge in [0.15, 0.2) is 0 Å². The molecule has 0 bridgehead atoms. The molecule has 0 unspecified atom stereocenters. The van der Waals surface area contributed by atoms with Crippen LogP contribution in [0.2, 0.25) is 5.15 Å². The van der Waals surface area contributed by atoms with Gasteiger partial charge in [-0.2, -0.15) is 0 Å². The molecular formula is C12H7ClFN3. The van der Waals surface area contributed by atoms with Crippen molar-refractivity contribution >= 4 is 17.2 Å². The molecule has 3 heterocycles. The van der Waals surface area contributed by atoms with E-state index in [4.69, 9.17) is 11.6 Å². The lowest BCUT2D eigenvalue weighted by Crippen LogP contribution is -1.92. The van der Waals surface area contributed by atoms with E-state index in [1.165, 1.54) is 6.07 Å². The lowest BCUT2D eigenvalue weighted by molar-refractivity contribution is 0.622. The van der Waals surface area contributed by atoms with Gasteiger partial charge in [0, 0.05) is 24.0 Å². The zero-order valence-corrected chi connectivity index (χ0v) is 9.39. The third kappa shape index (κ3) is 1.76. The Morgan fingerprint density at radius 2 is 2.12 bits per heavy atom. The molecule has 0 atom stereocenters. The molecule has 0 spiro atoms. The summed E-state index contributed by atoms with van der Waals surface area (Å²) in [6.45, 7) is 0. The molecule has 84 valence electrons. The van der Waals surface area contributed by atoms with Gasteiger partial charge in [0.25, 0.3) is 0 Å². The monoisotopic (exact) mass is 247 g/mol. The maximum Gasteiger partial charge on any atom is 0.142 e. The summed E-state index contributed by atoms with van der Waals surface area (Å²) in [6.07, 6.45) is 4.53. The van der Waals surface area contributed by atoms with E-state index < -0.39 is 5.82 Å². The quantitative estimate of drug-likeness (QED) is 0.618. The van der Waals surface area contributed by atoms with Gasteiger partial charge in [0.05, 0.1) is 11.9 Å². The van der Waals surface area contributed by atoms with Gasteiger partial charge in [0.2, 0.25) is 0 Å². The van der Waals surface area contributed by atoms with E-state index >= 15 is 0 Å². The molecule has 0 radical (unpaired) electrons. The second-order valence-electron chi connectivity index (χ2n) is 3.59. The van der Waals surface area contributed by atoms with Gasteiger partial charge >= 0.3 is 0 Å². The molecule has 0 saturated heterocycles. The van der Waals surface area contributed by atoms with Crippen LogP contribution in [-0.2, 0) is 0 Å². The highest BCUT2D eigenvalue weighted by Crippen LogP contribution is 2.22. The molecule has 3 aromatic heterocycles. The normalized spacial score (nSPS) is 10.9.